The van der Waals surface area contributed by atoms with Gasteiger partial charge in [-0.2, -0.15) is 0 Å². The highest BCUT2D eigenvalue weighted by atomic mass is 16.3. The van der Waals surface area contributed by atoms with Crippen molar-refractivity contribution in [1.29, 1.82) is 0 Å². The lowest BCUT2D eigenvalue weighted by molar-refractivity contribution is 0.660. The van der Waals surface area contributed by atoms with Crippen LogP contribution in [0.3, 0.4) is 0 Å². The van der Waals surface area contributed by atoms with Gasteiger partial charge in [0.25, 0.3) is 0 Å². The van der Waals surface area contributed by atoms with E-state index in [0.29, 0.717) is 5.82 Å². The molecule has 3 heterocycles. The van der Waals surface area contributed by atoms with Crippen molar-refractivity contribution in [3.63, 3.8) is 0 Å². The number of benzene rings is 9. The Kier molecular flexibility index (Phi) is 7.92. The van der Waals surface area contributed by atoms with Crippen molar-refractivity contribution in [3.05, 3.63) is 211 Å². The standard InChI is InChI=1S/C60H39N3O/c1-60(2)49-19-11-9-17-44(49)47-34-43(25-28-50(47)60)53-35-52(62-59(63-53)37-15-7-4-8-16-37)42-24-23-38-31-39(21-22-40(38)32-42)41-26-29-54-48(33-41)57-55(64-54)30-27-46-56(57)45-18-10-12-20-51(45)61-58(46)36-13-5-3-6-14-36/h3-35H,1-2H3. The van der Waals surface area contributed by atoms with E-state index in [1.54, 1.807) is 0 Å². The second kappa shape index (κ2) is 13.9. The van der Waals surface area contributed by atoms with E-state index in [1.165, 1.54) is 22.3 Å². The van der Waals surface area contributed by atoms with Gasteiger partial charge in [-0.15, -0.1) is 0 Å². The lowest BCUT2D eigenvalue weighted by atomic mass is 9.82. The summed E-state index contributed by atoms with van der Waals surface area (Å²) in [4.78, 5) is 15.6. The number of hydrogen-bond donors (Lipinski definition) is 0. The summed E-state index contributed by atoms with van der Waals surface area (Å²) in [5.41, 5.74) is 17.2. The molecule has 0 radical (unpaired) electrons. The van der Waals surface area contributed by atoms with Crippen LogP contribution in [0.15, 0.2) is 205 Å². The molecular formula is C60H39N3O. The Balaban J connectivity index is 0.915. The summed E-state index contributed by atoms with van der Waals surface area (Å²) in [5, 5.41) is 7.90. The number of nitrogens with zero attached hydrogens (tertiary/aromatic N) is 3. The lowest BCUT2D eigenvalue weighted by Crippen LogP contribution is -2.14. The fourth-order valence-corrected chi connectivity index (χ4v) is 10.2. The van der Waals surface area contributed by atoms with Crippen molar-refractivity contribution in [2.45, 2.75) is 19.3 Å². The number of rotatable bonds is 5. The SMILES string of the molecule is CC1(C)c2ccccc2-c2cc(-c3cc(-c4ccc5cc(-c6ccc7oc8ccc9c(-c%10ccccc%10)nc%10ccccc%10c9c8c7c6)ccc5c4)nc(-c4ccccc4)n3)ccc21. The van der Waals surface area contributed by atoms with Gasteiger partial charge in [-0.1, -0.05) is 159 Å². The molecule has 0 unspecified atom stereocenters. The number of fused-ring (bicyclic) bond motifs is 11. The fraction of sp³-hybridized carbons (Fsp3) is 0.0500. The van der Waals surface area contributed by atoms with Gasteiger partial charge in [-0.3, -0.25) is 0 Å². The summed E-state index contributed by atoms with van der Waals surface area (Å²) in [7, 11) is 0. The lowest BCUT2D eigenvalue weighted by Gasteiger charge is -2.21. The quantitative estimate of drug-likeness (QED) is 0.162. The van der Waals surface area contributed by atoms with Crippen LogP contribution in [-0.4, -0.2) is 15.0 Å². The average Bonchev–Trinajstić information content (AvgIpc) is 3.84. The summed E-state index contributed by atoms with van der Waals surface area (Å²) < 4.78 is 6.56. The molecule has 0 aliphatic heterocycles. The van der Waals surface area contributed by atoms with E-state index in [0.717, 1.165) is 105 Å². The largest absolute Gasteiger partial charge is 0.456 e. The molecule has 0 bridgehead atoms. The second-order valence-electron chi connectivity index (χ2n) is 17.6. The first-order valence-electron chi connectivity index (χ1n) is 21.9. The van der Waals surface area contributed by atoms with Crippen LogP contribution in [0.25, 0.3) is 122 Å². The van der Waals surface area contributed by atoms with E-state index < -0.39 is 0 Å². The third-order valence-electron chi connectivity index (χ3n) is 13.5. The Labute approximate surface area is 370 Å². The molecule has 3 aromatic heterocycles. The molecule has 300 valence electrons. The number of para-hydroxylation sites is 1. The molecule has 0 fully saturated rings. The first kappa shape index (κ1) is 36.4. The molecule has 1 aliphatic rings. The third-order valence-corrected chi connectivity index (χ3v) is 13.5. The van der Waals surface area contributed by atoms with Crippen LogP contribution in [0.1, 0.15) is 25.0 Å². The Morgan fingerprint density at radius 1 is 0.375 bits per heavy atom. The molecule has 4 heteroatoms. The van der Waals surface area contributed by atoms with Gasteiger partial charge in [0, 0.05) is 54.6 Å². The topological polar surface area (TPSA) is 51.8 Å². The fourth-order valence-electron chi connectivity index (χ4n) is 10.2. The van der Waals surface area contributed by atoms with Gasteiger partial charge in [0.05, 0.1) is 22.6 Å². The predicted molar refractivity (Wildman–Crippen MR) is 264 cm³/mol. The number of hydrogen-bond acceptors (Lipinski definition) is 4. The molecule has 9 aromatic carbocycles. The van der Waals surface area contributed by atoms with Crippen molar-refractivity contribution in [2.24, 2.45) is 0 Å². The normalized spacial score (nSPS) is 13.0. The first-order chi connectivity index (χ1) is 31.4. The van der Waals surface area contributed by atoms with Gasteiger partial charge in [0.1, 0.15) is 11.2 Å². The van der Waals surface area contributed by atoms with E-state index in [2.05, 4.69) is 190 Å². The summed E-state index contributed by atoms with van der Waals surface area (Å²) in [6.45, 7) is 4.64. The van der Waals surface area contributed by atoms with Crippen LogP contribution in [0, 0.1) is 0 Å². The van der Waals surface area contributed by atoms with Crippen molar-refractivity contribution >= 4 is 54.4 Å². The van der Waals surface area contributed by atoms with Crippen LogP contribution in [0.5, 0.6) is 0 Å². The van der Waals surface area contributed by atoms with Gasteiger partial charge < -0.3 is 4.42 Å². The summed E-state index contributed by atoms with van der Waals surface area (Å²) in [5.74, 6) is 0.709. The minimum atomic E-state index is -0.0584. The minimum absolute atomic E-state index is 0.0584. The van der Waals surface area contributed by atoms with Crippen molar-refractivity contribution in [2.75, 3.05) is 0 Å². The van der Waals surface area contributed by atoms with Crippen molar-refractivity contribution < 1.29 is 4.42 Å². The Bertz CT molecular complexity index is 3870. The molecule has 13 rings (SSSR count). The number of pyridine rings is 1. The van der Waals surface area contributed by atoms with E-state index in [9.17, 15) is 0 Å². The molecule has 0 saturated heterocycles. The summed E-state index contributed by atoms with van der Waals surface area (Å²) in [6, 6.07) is 71.2. The van der Waals surface area contributed by atoms with Crippen LogP contribution in [-0.2, 0) is 5.41 Å². The third kappa shape index (κ3) is 5.66. The molecule has 12 aromatic rings. The molecule has 0 saturated carbocycles. The minimum Gasteiger partial charge on any atom is -0.456 e. The highest BCUT2D eigenvalue weighted by Crippen LogP contribution is 2.50. The molecule has 64 heavy (non-hydrogen) atoms. The van der Waals surface area contributed by atoms with E-state index in [4.69, 9.17) is 19.4 Å². The number of furan rings is 1. The smallest absolute Gasteiger partial charge is 0.160 e. The van der Waals surface area contributed by atoms with Crippen LogP contribution >= 0.6 is 0 Å². The van der Waals surface area contributed by atoms with Crippen molar-refractivity contribution in [3.8, 4) is 67.4 Å². The Morgan fingerprint density at radius 3 is 1.80 bits per heavy atom. The average molecular weight is 818 g/mol. The molecule has 0 N–H and O–H groups in total. The molecule has 0 spiro atoms. The first-order valence-corrected chi connectivity index (χ1v) is 21.9. The Hall–Kier alpha value is -8.21. The molecule has 4 nitrogen and oxygen atoms in total. The van der Waals surface area contributed by atoms with E-state index in [1.807, 2.05) is 24.3 Å². The molecule has 0 amide bonds. The zero-order valence-corrected chi connectivity index (χ0v) is 35.3. The van der Waals surface area contributed by atoms with Gasteiger partial charge in [-0.25, -0.2) is 15.0 Å². The molecular weight excluding hydrogens is 779 g/mol. The van der Waals surface area contributed by atoms with E-state index >= 15 is 0 Å². The maximum Gasteiger partial charge on any atom is 0.160 e. The number of aromatic nitrogens is 3. The van der Waals surface area contributed by atoms with Crippen LogP contribution in [0.2, 0.25) is 0 Å². The predicted octanol–water partition coefficient (Wildman–Crippen LogP) is 15.9. The van der Waals surface area contributed by atoms with Gasteiger partial charge in [0.2, 0.25) is 0 Å². The Morgan fingerprint density at radius 2 is 0.984 bits per heavy atom. The zero-order valence-electron chi connectivity index (χ0n) is 35.3. The van der Waals surface area contributed by atoms with Gasteiger partial charge in [-0.05, 0) is 98.8 Å². The second-order valence-corrected chi connectivity index (χ2v) is 17.6. The van der Waals surface area contributed by atoms with Gasteiger partial charge in [0.15, 0.2) is 5.82 Å². The summed E-state index contributed by atoms with van der Waals surface area (Å²) >= 11 is 0. The molecule has 0 atom stereocenters. The maximum absolute atomic E-state index is 6.56. The highest BCUT2D eigenvalue weighted by molar-refractivity contribution is 6.28. The van der Waals surface area contributed by atoms with Gasteiger partial charge >= 0.3 is 0 Å². The summed E-state index contributed by atoms with van der Waals surface area (Å²) in [6.07, 6.45) is 0. The monoisotopic (exact) mass is 817 g/mol. The maximum atomic E-state index is 6.56. The van der Waals surface area contributed by atoms with Crippen LogP contribution < -0.4 is 0 Å². The molecule has 1 aliphatic carbocycles. The van der Waals surface area contributed by atoms with E-state index in [-0.39, 0.29) is 5.41 Å². The van der Waals surface area contributed by atoms with Crippen molar-refractivity contribution in [1.82, 2.24) is 15.0 Å². The highest BCUT2D eigenvalue weighted by Gasteiger charge is 2.35. The zero-order chi connectivity index (χ0) is 42.5. The van der Waals surface area contributed by atoms with Crippen LogP contribution in [0.4, 0.5) is 0 Å².